The molecule has 188 valence electrons. The molecule has 36 heavy (non-hydrogen) atoms. The average molecular weight is 630 g/mol. The van der Waals surface area contributed by atoms with Gasteiger partial charge in [-0.05, 0) is 52.9 Å². The van der Waals surface area contributed by atoms with Crippen LogP contribution in [0.2, 0.25) is 15.1 Å². The van der Waals surface area contributed by atoms with Crippen LogP contribution in [0.3, 0.4) is 0 Å². The van der Waals surface area contributed by atoms with Crippen molar-refractivity contribution in [1.29, 1.82) is 0 Å². The van der Waals surface area contributed by atoms with Crippen LogP contribution in [-0.4, -0.2) is 47.0 Å². The van der Waals surface area contributed by atoms with E-state index in [9.17, 15) is 8.42 Å². The van der Waals surface area contributed by atoms with Gasteiger partial charge in [0, 0.05) is 36.3 Å². The predicted octanol–water partition coefficient (Wildman–Crippen LogP) is 6.63. The van der Waals surface area contributed by atoms with Crippen molar-refractivity contribution in [2.24, 2.45) is 5.92 Å². The Balaban J connectivity index is 1.32. The maximum Gasteiger partial charge on any atom is 0.246 e. The van der Waals surface area contributed by atoms with Crippen molar-refractivity contribution in [3.63, 3.8) is 0 Å². The largest absolute Gasteiger partial charge is 0.370 e. The second-order valence-corrected chi connectivity index (χ2v) is 12.5. The van der Waals surface area contributed by atoms with E-state index in [-0.39, 0.29) is 20.9 Å². The van der Waals surface area contributed by atoms with E-state index in [2.05, 4.69) is 26.3 Å². The molecular formula is C24H21BrCl3N5O2S. The molecule has 7 nitrogen and oxygen atoms in total. The molecule has 0 aliphatic carbocycles. The number of aromatic nitrogens is 3. The van der Waals surface area contributed by atoms with Crippen LogP contribution < -0.4 is 5.32 Å². The van der Waals surface area contributed by atoms with Gasteiger partial charge in [-0.15, -0.1) is 0 Å². The topological polar surface area (TPSA) is 79.6 Å². The molecule has 0 amide bonds. The van der Waals surface area contributed by atoms with Crippen LogP contribution in [0.5, 0.6) is 0 Å². The van der Waals surface area contributed by atoms with E-state index < -0.39 is 10.0 Å². The summed E-state index contributed by atoms with van der Waals surface area (Å²) in [6.07, 6.45) is 3.10. The molecule has 1 N–H and O–H groups in total. The van der Waals surface area contributed by atoms with Crippen LogP contribution in [0, 0.1) is 5.92 Å². The molecule has 1 fully saturated rings. The number of rotatable bonds is 6. The average Bonchev–Trinajstić information content (AvgIpc) is 3.23. The van der Waals surface area contributed by atoms with E-state index in [4.69, 9.17) is 39.8 Å². The second-order valence-electron chi connectivity index (χ2n) is 8.51. The summed E-state index contributed by atoms with van der Waals surface area (Å²) in [5.41, 5.74) is 2.23. The number of nitrogens with zero attached hydrogens (tertiary/aromatic N) is 4. The quantitative estimate of drug-likeness (QED) is 0.259. The number of sulfonamides is 1. The zero-order valence-electron chi connectivity index (χ0n) is 18.8. The lowest BCUT2D eigenvalue weighted by molar-refractivity contribution is 0.282. The van der Waals surface area contributed by atoms with Crippen molar-refractivity contribution in [3.05, 3.63) is 74.3 Å². The van der Waals surface area contributed by atoms with Crippen LogP contribution in [0.25, 0.3) is 16.9 Å². The molecule has 3 heterocycles. The third-order valence-corrected chi connectivity index (χ3v) is 9.98. The molecule has 0 atom stereocenters. The Morgan fingerprint density at radius 1 is 1.00 bits per heavy atom. The molecular weight excluding hydrogens is 609 g/mol. The highest BCUT2D eigenvalue weighted by molar-refractivity contribution is 9.10. The zero-order valence-corrected chi connectivity index (χ0v) is 23.5. The molecule has 0 spiro atoms. The van der Waals surface area contributed by atoms with Gasteiger partial charge in [-0.3, -0.25) is 0 Å². The predicted molar refractivity (Wildman–Crippen MR) is 148 cm³/mol. The van der Waals surface area contributed by atoms with Gasteiger partial charge in [-0.25, -0.2) is 13.4 Å². The summed E-state index contributed by atoms with van der Waals surface area (Å²) in [4.78, 5) is 4.71. The van der Waals surface area contributed by atoms with Gasteiger partial charge < -0.3 is 5.32 Å². The molecule has 1 aliphatic heterocycles. The van der Waals surface area contributed by atoms with Gasteiger partial charge in [0.1, 0.15) is 10.7 Å². The summed E-state index contributed by atoms with van der Waals surface area (Å²) in [6.45, 7) is 1.43. The van der Waals surface area contributed by atoms with Crippen molar-refractivity contribution in [1.82, 2.24) is 18.9 Å². The molecule has 1 saturated heterocycles. The fourth-order valence-electron chi connectivity index (χ4n) is 4.33. The summed E-state index contributed by atoms with van der Waals surface area (Å²) in [5, 5.41) is 8.80. The van der Waals surface area contributed by atoms with Crippen molar-refractivity contribution in [2.75, 3.05) is 25.0 Å². The molecule has 0 saturated carbocycles. The maximum atomic E-state index is 13.2. The Bertz CT molecular complexity index is 1520. The first-order valence-corrected chi connectivity index (χ1v) is 14.6. The fourth-order valence-corrected chi connectivity index (χ4v) is 7.47. The lowest BCUT2D eigenvalue weighted by Crippen LogP contribution is -2.40. The minimum absolute atomic E-state index is 0.0274. The van der Waals surface area contributed by atoms with E-state index in [1.807, 2.05) is 30.3 Å². The van der Waals surface area contributed by atoms with Crippen molar-refractivity contribution >= 4 is 72.2 Å². The zero-order chi connectivity index (χ0) is 25.4. The molecule has 1 aliphatic rings. The molecule has 12 heteroatoms. The Kier molecular flexibility index (Phi) is 7.49. The van der Waals surface area contributed by atoms with Gasteiger partial charge in [0.05, 0.1) is 26.4 Å². The number of hydrogen-bond acceptors (Lipinski definition) is 5. The molecule has 0 unspecified atom stereocenters. The molecule has 2 aromatic heterocycles. The van der Waals surface area contributed by atoms with Crippen LogP contribution >= 0.6 is 50.7 Å². The van der Waals surface area contributed by atoms with Crippen molar-refractivity contribution in [3.8, 4) is 11.3 Å². The minimum Gasteiger partial charge on any atom is -0.370 e. The van der Waals surface area contributed by atoms with E-state index >= 15 is 0 Å². The second kappa shape index (κ2) is 10.5. The standard InChI is InChI=1S/C24H21BrCl3N5O2S/c25-17-14-30-33-22(12-21(31-24(17)33)16-4-1-2-5-18(16)26)29-13-15-8-10-32(11-9-15)36(34,35)23-19(27)6-3-7-20(23)28/h1-7,12,14-15,29H,8-11,13H2. The van der Waals surface area contributed by atoms with Gasteiger partial charge in [-0.1, -0.05) is 59.1 Å². The number of anilines is 1. The van der Waals surface area contributed by atoms with Crippen LogP contribution in [-0.2, 0) is 10.0 Å². The number of hydrogen-bond donors (Lipinski definition) is 1. The van der Waals surface area contributed by atoms with Gasteiger partial charge in [0.15, 0.2) is 5.65 Å². The lowest BCUT2D eigenvalue weighted by atomic mass is 9.98. The summed E-state index contributed by atoms with van der Waals surface area (Å²) < 4.78 is 30.3. The van der Waals surface area contributed by atoms with Crippen LogP contribution in [0.15, 0.2) is 64.1 Å². The Morgan fingerprint density at radius 3 is 2.36 bits per heavy atom. The molecule has 5 rings (SSSR count). The summed E-state index contributed by atoms with van der Waals surface area (Å²) in [7, 11) is -3.77. The van der Waals surface area contributed by atoms with Gasteiger partial charge in [0.2, 0.25) is 10.0 Å². The highest BCUT2D eigenvalue weighted by Crippen LogP contribution is 2.34. The Morgan fingerprint density at radius 2 is 1.67 bits per heavy atom. The summed E-state index contributed by atoms with van der Waals surface area (Å²) in [5.74, 6) is 1.04. The van der Waals surface area contributed by atoms with Crippen LogP contribution in [0.4, 0.5) is 5.82 Å². The maximum absolute atomic E-state index is 13.2. The van der Waals surface area contributed by atoms with Gasteiger partial charge in [0.25, 0.3) is 0 Å². The number of fused-ring (bicyclic) bond motifs is 1. The first kappa shape index (κ1) is 25.8. The third kappa shape index (κ3) is 4.97. The molecule has 2 aromatic carbocycles. The molecule has 0 radical (unpaired) electrons. The minimum atomic E-state index is -3.77. The first-order chi connectivity index (χ1) is 17.3. The summed E-state index contributed by atoms with van der Waals surface area (Å²) in [6, 6.07) is 14.2. The smallest absolute Gasteiger partial charge is 0.246 e. The third-order valence-electron chi connectivity index (χ3n) is 6.24. The molecule has 4 aromatic rings. The van der Waals surface area contributed by atoms with E-state index in [0.29, 0.717) is 43.1 Å². The normalized spacial score (nSPS) is 15.4. The van der Waals surface area contributed by atoms with Gasteiger partial charge >= 0.3 is 0 Å². The monoisotopic (exact) mass is 627 g/mol. The summed E-state index contributed by atoms with van der Waals surface area (Å²) >= 11 is 22.3. The SMILES string of the molecule is O=S(=O)(c1c(Cl)cccc1Cl)N1CCC(CNc2cc(-c3ccccc3Cl)nc3c(Br)cnn23)CC1. The van der Waals surface area contributed by atoms with Crippen molar-refractivity contribution < 1.29 is 8.42 Å². The number of halogens is 4. The van der Waals surface area contributed by atoms with Crippen molar-refractivity contribution in [2.45, 2.75) is 17.7 Å². The Hall–Kier alpha value is -1.88. The number of nitrogens with one attached hydrogen (secondary N) is 1. The van der Waals surface area contributed by atoms with E-state index in [0.717, 1.165) is 21.5 Å². The molecule has 0 bridgehead atoms. The Labute approximate surface area is 232 Å². The van der Waals surface area contributed by atoms with Gasteiger partial charge in [-0.2, -0.15) is 13.9 Å². The van der Waals surface area contributed by atoms with E-state index in [1.165, 1.54) is 16.4 Å². The number of piperidine rings is 1. The first-order valence-electron chi connectivity index (χ1n) is 11.2. The number of benzene rings is 2. The highest BCUT2D eigenvalue weighted by atomic mass is 79.9. The lowest BCUT2D eigenvalue weighted by Gasteiger charge is -2.31. The highest BCUT2D eigenvalue weighted by Gasteiger charge is 2.32. The fraction of sp³-hybridized carbons (Fsp3) is 0.250. The van der Waals surface area contributed by atoms with E-state index in [1.54, 1.807) is 16.8 Å². The van der Waals surface area contributed by atoms with Crippen LogP contribution in [0.1, 0.15) is 12.8 Å².